The van der Waals surface area contributed by atoms with Crippen molar-refractivity contribution >= 4 is 0 Å². The van der Waals surface area contributed by atoms with Gasteiger partial charge in [-0.05, 0) is 31.5 Å². The van der Waals surface area contributed by atoms with Gasteiger partial charge in [-0.2, -0.15) is 5.26 Å². The molecule has 0 aliphatic rings. The molecule has 0 saturated carbocycles. The highest BCUT2D eigenvalue weighted by molar-refractivity contribution is 5.16. The first-order valence-electron chi connectivity index (χ1n) is 6.93. The largest absolute Gasteiger partial charge is 0.326 e. The Morgan fingerprint density at radius 3 is 2.68 bits per heavy atom. The van der Waals surface area contributed by atoms with E-state index in [1.807, 2.05) is 19.2 Å². The van der Waals surface area contributed by atoms with E-state index >= 15 is 0 Å². The van der Waals surface area contributed by atoms with E-state index in [0.29, 0.717) is 0 Å². The van der Waals surface area contributed by atoms with Gasteiger partial charge in [0.25, 0.3) is 0 Å². The minimum atomic E-state index is 0.00294. The molecule has 0 saturated heterocycles. The van der Waals surface area contributed by atoms with Crippen LogP contribution in [0.25, 0.3) is 0 Å². The molecule has 1 aromatic heterocycles. The molecule has 3 unspecified atom stereocenters. The van der Waals surface area contributed by atoms with E-state index in [4.69, 9.17) is 11.0 Å². The molecule has 2 N–H and O–H groups in total. The van der Waals surface area contributed by atoms with Gasteiger partial charge in [-0.1, -0.05) is 19.9 Å². The molecule has 0 bridgehead atoms. The number of hydrogen-bond acceptors (Lipinski definition) is 4. The van der Waals surface area contributed by atoms with Gasteiger partial charge >= 0.3 is 0 Å². The van der Waals surface area contributed by atoms with Crippen molar-refractivity contribution in [2.24, 2.45) is 11.7 Å². The average molecular weight is 260 g/mol. The lowest BCUT2D eigenvalue weighted by Gasteiger charge is -2.35. The van der Waals surface area contributed by atoms with Crippen LogP contribution >= 0.6 is 0 Å². The summed E-state index contributed by atoms with van der Waals surface area (Å²) < 4.78 is 0. The Bertz CT molecular complexity index is 398. The minimum absolute atomic E-state index is 0.00294. The monoisotopic (exact) mass is 260 g/mol. The summed E-state index contributed by atoms with van der Waals surface area (Å²) in [5.74, 6) is 0.00294. The molecule has 4 heteroatoms. The number of nitriles is 1. The molecule has 4 nitrogen and oxygen atoms in total. The van der Waals surface area contributed by atoms with Gasteiger partial charge in [-0.15, -0.1) is 0 Å². The number of hydrogen-bond donors (Lipinski definition) is 1. The van der Waals surface area contributed by atoms with Crippen LogP contribution in [0.4, 0.5) is 0 Å². The first-order valence-corrected chi connectivity index (χ1v) is 6.93. The quantitative estimate of drug-likeness (QED) is 0.817. The standard InChI is InChI=1S/C15H24N4/c1-4-14(17)15(13-7-6-8-18-10-13)19(5-2)11-12(3)9-16/h6-8,10,12,14-15H,4-5,11,17H2,1-3H3. The number of pyridine rings is 1. The van der Waals surface area contributed by atoms with Crippen LogP contribution in [0, 0.1) is 17.2 Å². The van der Waals surface area contributed by atoms with Gasteiger partial charge in [0.05, 0.1) is 18.0 Å². The lowest BCUT2D eigenvalue weighted by Crippen LogP contribution is -2.42. The van der Waals surface area contributed by atoms with E-state index in [2.05, 4.69) is 35.9 Å². The Kier molecular flexibility index (Phi) is 6.48. The SMILES string of the molecule is CCC(N)C(c1cccnc1)N(CC)CC(C)C#N. The molecule has 0 aliphatic carbocycles. The van der Waals surface area contributed by atoms with E-state index in [-0.39, 0.29) is 18.0 Å². The number of aromatic nitrogens is 1. The van der Waals surface area contributed by atoms with Crippen LogP contribution in [0.5, 0.6) is 0 Å². The zero-order valence-electron chi connectivity index (χ0n) is 12.1. The van der Waals surface area contributed by atoms with Crippen LogP contribution in [0.15, 0.2) is 24.5 Å². The highest BCUT2D eigenvalue weighted by Gasteiger charge is 2.25. The van der Waals surface area contributed by atoms with Gasteiger partial charge in [0.1, 0.15) is 0 Å². The van der Waals surface area contributed by atoms with Gasteiger partial charge in [-0.3, -0.25) is 9.88 Å². The van der Waals surface area contributed by atoms with Crippen LogP contribution in [0.2, 0.25) is 0 Å². The van der Waals surface area contributed by atoms with Crippen molar-refractivity contribution in [1.29, 1.82) is 5.26 Å². The van der Waals surface area contributed by atoms with Crippen LogP contribution in [-0.4, -0.2) is 29.0 Å². The molecule has 1 aromatic rings. The van der Waals surface area contributed by atoms with E-state index in [1.54, 1.807) is 6.20 Å². The molecule has 0 spiro atoms. The molecule has 3 atom stereocenters. The van der Waals surface area contributed by atoms with E-state index in [1.165, 1.54) is 0 Å². The van der Waals surface area contributed by atoms with E-state index in [9.17, 15) is 0 Å². The normalized spacial score (nSPS) is 15.8. The predicted molar refractivity (Wildman–Crippen MR) is 77.3 cm³/mol. The van der Waals surface area contributed by atoms with Gasteiger partial charge in [-0.25, -0.2) is 0 Å². The van der Waals surface area contributed by atoms with Crippen LogP contribution in [0.1, 0.15) is 38.8 Å². The molecule has 19 heavy (non-hydrogen) atoms. The van der Waals surface area contributed by atoms with Crippen LogP contribution in [0.3, 0.4) is 0 Å². The maximum absolute atomic E-state index is 9.01. The average Bonchev–Trinajstić information content (AvgIpc) is 2.46. The molecular weight excluding hydrogens is 236 g/mol. The second-order valence-electron chi connectivity index (χ2n) is 4.92. The van der Waals surface area contributed by atoms with Crippen molar-refractivity contribution in [3.63, 3.8) is 0 Å². The summed E-state index contributed by atoms with van der Waals surface area (Å²) in [5, 5.41) is 9.01. The maximum Gasteiger partial charge on any atom is 0.0666 e. The molecule has 1 rings (SSSR count). The van der Waals surface area contributed by atoms with Gasteiger partial charge in [0, 0.05) is 25.0 Å². The van der Waals surface area contributed by atoms with Crippen LogP contribution < -0.4 is 5.73 Å². The van der Waals surface area contributed by atoms with Crippen molar-refractivity contribution in [3.05, 3.63) is 30.1 Å². The van der Waals surface area contributed by atoms with E-state index < -0.39 is 0 Å². The summed E-state index contributed by atoms with van der Waals surface area (Å²) in [7, 11) is 0. The summed E-state index contributed by atoms with van der Waals surface area (Å²) in [6.45, 7) is 7.76. The summed E-state index contributed by atoms with van der Waals surface area (Å²) in [6.07, 6.45) is 4.54. The van der Waals surface area contributed by atoms with Crippen molar-refractivity contribution in [2.45, 2.75) is 39.3 Å². The first kappa shape index (κ1) is 15.6. The zero-order chi connectivity index (χ0) is 14.3. The molecule has 1 heterocycles. The van der Waals surface area contributed by atoms with E-state index in [0.717, 1.165) is 25.1 Å². The second kappa shape index (κ2) is 7.88. The third kappa shape index (κ3) is 4.30. The van der Waals surface area contributed by atoms with Crippen molar-refractivity contribution in [3.8, 4) is 6.07 Å². The Hall–Kier alpha value is -1.44. The fourth-order valence-electron chi connectivity index (χ4n) is 2.33. The molecule has 0 aromatic carbocycles. The fraction of sp³-hybridized carbons (Fsp3) is 0.600. The Morgan fingerprint density at radius 1 is 1.47 bits per heavy atom. The third-order valence-electron chi connectivity index (χ3n) is 3.43. The smallest absolute Gasteiger partial charge is 0.0666 e. The van der Waals surface area contributed by atoms with Gasteiger partial charge in [0.15, 0.2) is 0 Å². The lowest BCUT2D eigenvalue weighted by molar-refractivity contribution is 0.165. The molecule has 0 fully saturated rings. The first-order chi connectivity index (χ1) is 9.13. The van der Waals surface area contributed by atoms with Crippen molar-refractivity contribution in [1.82, 2.24) is 9.88 Å². The van der Waals surface area contributed by atoms with Crippen LogP contribution in [-0.2, 0) is 0 Å². The zero-order valence-corrected chi connectivity index (χ0v) is 12.1. The number of nitrogens with two attached hydrogens (primary N) is 1. The summed E-state index contributed by atoms with van der Waals surface area (Å²) in [4.78, 5) is 6.47. The number of rotatable bonds is 7. The summed E-state index contributed by atoms with van der Waals surface area (Å²) in [6, 6.07) is 6.47. The lowest BCUT2D eigenvalue weighted by atomic mass is 9.96. The second-order valence-corrected chi connectivity index (χ2v) is 4.92. The van der Waals surface area contributed by atoms with Gasteiger partial charge < -0.3 is 5.73 Å². The Morgan fingerprint density at radius 2 is 2.21 bits per heavy atom. The third-order valence-corrected chi connectivity index (χ3v) is 3.43. The molecule has 0 amide bonds. The maximum atomic E-state index is 9.01. The summed E-state index contributed by atoms with van der Waals surface area (Å²) in [5.41, 5.74) is 7.42. The Balaban J connectivity index is 2.98. The predicted octanol–water partition coefficient (Wildman–Crippen LogP) is 2.34. The Labute approximate surface area is 116 Å². The molecule has 0 aliphatic heterocycles. The number of nitrogens with zero attached hydrogens (tertiary/aromatic N) is 3. The van der Waals surface area contributed by atoms with Crippen molar-refractivity contribution in [2.75, 3.05) is 13.1 Å². The minimum Gasteiger partial charge on any atom is -0.326 e. The fourth-order valence-corrected chi connectivity index (χ4v) is 2.33. The molecular formula is C15H24N4. The topological polar surface area (TPSA) is 65.9 Å². The summed E-state index contributed by atoms with van der Waals surface area (Å²) >= 11 is 0. The highest BCUT2D eigenvalue weighted by Crippen LogP contribution is 2.25. The highest BCUT2D eigenvalue weighted by atomic mass is 15.2. The molecule has 104 valence electrons. The van der Waals surface area contributed by atoms with Gasteiger partial charge in [0.2, 0.25) is 0 Å². The molecule has 0 radical (unpaired) electrons. The van der Waals surface area contributed by atoms with Crippen molar-refractivity contribution < 1.29 is 0 Å². The number of likely N-dealkylation sites (N-methyl/N-ethyl adjacent to an activating group) is 1.